The monoisotopic (exact) mass is 343 g/mol. The van der Waals surface area contributed by atoms with Crippen molar-refractivity contribution < 1.29 is 28.2 Å². The van der Waals surface area contributed by atoms with E-state index in [1.807, 2.05) is 0 Å². The van der Waals surface area contributed by atoms with Crippen molar-refractivity contribution in [2.24, 2.45) is 0 Å². The van der Waals surface area contributed by atoms with Crippen molar-refractivity contribution >= 4 is 28.5 Å². The summed E-state index contributed by atoms with van der Waals surface area (Å²) in [5.74, 6) is -1.61. The Bertz CT molecular complexity index is 963. The highest BCUT2D eigenvalue weighted by Gasteiger charge is 2.18. The van der Waals surface area contributed by atoms with Crippen LogP contribution in [0.25, 0.3) is 11.0 Å². The minimum atomic E-state index is -1.10. The van der Waals surface area contributed by atoms with Gasteiger partial charge >= 0.3 is 5.97 Å². The van der Waals surface area contributed by atoms with Crippen molar-refractivity contribution in [2.45, 2.75) is 6.92 Å². The van der Waals surface area contributed by atoms with E-state index < -0.39 is 24.3 Å². The number of fused-ring (bicyclic) bond motifs is 1. The highest BCUT2D eigenvalue weighted by atomic mass is 19.1. The highest BCUT2D eigenvalue weighted by molar-refractivity contribution is 6.06. The molecule has 1 amide bonds. The van der Waals surface area contributed by atoms with E-state index in [-0.39, 0.29) is 5.76 Å². The number of amides is 1. The Labute approximate surface area is 141 Å². The first-order valence-corrected chi connectivity index (χ1v) is 7.38. The van der Waals surface area contributed by atoms with Crippen LogP contribution in [0.2, 0.25) is 0 Å². The van der Waals surface area contributed by atoms with Gasteiger partial charge in [-0.3, -0.25) is 4.79 Å². The number of nitrogens with one attached hydrogen (secondary N) is 1. The van der Waals surface area contributed by atoms with Crippen LogP contribution in [-0.4, -0.2) is 23.6 Å². The zero-order valence-electron chi connectivity index (χ0n) is 13.2. The number of ether oxygens (including phenoxy) is 1. The number of carboxylic acid groups (broad SMARTS) is 1. The van der Waals surface area contributed by atoms with Crippen molar-refractivity contribution in [3.8, 4) is 5.75 Å². The maximum absolute atomic E-state index is 13.3. The van der Waals surface area contributed by atoms with E-state index in [9.17, 15) is 14.0 Å². The molecule has 0 aliphatic rings. The topological polar surface area (TPSA) is 88.8 Å². The highest BCUT2D eigenvalue weighted by Crippen LogP contribution is 2.27. The second-order valence-electron chi connectivity index (χ2n) is 5.36. The summed E-state index contributed by atoms with van der Waals surface area (Å²) < 4.78 is 23.9. The predicted molar refractivity (Wildman–Crippen MR) is 88.4 cm³/mol. The third-order valence-electron chi connectivity index (χ3n) is 3.56. The van der Waals surface area contributed by atoms with Gasteiger partial charge < -0.3 is 19.6 Å². The molecule has 128 valence electrons. The average Bonchev–Trinajstić information content (AvgIpc) is 2.90. The summed E-state index contributed by atoms with van der Waals surface area (Å²) in [5, 5.41) is 11.8. The van der Waals surface area contributed by atoms with Gasteiger partial charge in [-0.1, -0.05) is 6.07 Å². The number of hydrogen-bond acceptors (Lipinski definition) is 4. The molecule has 0 aliphatic carbocycles. The Morgan fingerprint density at radius 3 is 2.80 bits per heavy atom. The van der Waals surface area contributed by atoms with E-state index in [2.05, 4.69) is 5.32 Å². The van der Waals surface area contributed by atoms with E-state index in [1.54, 1.807) is 25.1 Å². The molecule has 7 heteroatoms. The molecule has 3 aromatic rings. The Morgan fingerprint density at radius 2 is 2.04 bits per heavy atom. The van der Waals surface area contributed by atoms with Gasteiger partial charge in [-0.05, 0) is 37.3 Å². The number of aliphatic carboxylic acids is 1. The number of halogens is 1. The van der Waals surface area contributed by atoms with Crippen LogP contribution in [0.1, 0.15) is 16.1 Å². The number of aryl methyl sites for hydroxylation is 1. The van der Waals surface area contributed by atoms with Crippen LogP contribution >= 0.6 is 0 Å². The van der Waals surface area contributed by atoms with Crippen LogP contribution in [-0.2, 0) is 4.79 Å². The minimum Gasteiger partial charge on any atom is -0.482 e. The van der Waals surface area contributed by atoms with Crippen LogP contribution in [0, 0.1) is 12.7 Å². The van der Waals surface area contributed by atoms with Gasteiger partial charge in [-0.2, -0.15) is 0 Å². The maximum atomic E-state index is 13.3. The third-order valence-corrected chi connectivity index (χ3v) is 3.56. The summed E-state index contributed by atoms with van der Waals surface area (Å²) in [4.78, 5) is 23.0. The first-order chi connectivity index (χ1) is 11.9. The maximum Gasteiger partial charge on any atom is 0.341 e. The lowest BCUT2D eigenvalue weighted by Gasteiger charge is -2.07. The molecular formula is C18H14FNO5. The van der Waals surface area contributed by atoms with Crippen LogP contribution in [0.15, 0.2) is 46.9 Å². The van der Waals surface area contributed by atoms with Crippen LogP contribution < -0.4 is 10.1 Å². The zero-order chi connectivity index (χ0) is 18.0. The lowest BCUT2D eigenvalue weighted by Crippen LogP contribution is -2.13. The minimum absolute atomic E-state index is 0.0810. The summed E-state index contributed by atoms with van der Waals surface area (Å²) >= 11 is 0. The molecule has 0 aliphatic heterocycles. The Balaban J connectivity index is 1.82. The fraction of sp³-hybridized carbons (Fsp3) is 0.111. The molecule has 2 N–H and O–H groups in total. The Hall–Kier alpha value is -3.35. The molecule has 1 aromatic heterocycles. The summed E-state index contributed by atoms with van der Waals surface area (Å²) in [6.45, 7) is 1.19. The molecule has 0 radical (unpaired) electrons. The second kappa shape index (κ2) is 6.64. The Kier molecular flexibility index (Phi) is 4.38. The van der Waals surface area contributed by atoms with Crippen molar-refractivity contribution in [3.05, 3.63) is 59.6 Å². The smallest absolute Gasteiger partial charge is 0.341 e. The SMILES string of the molecule is Cc1c(C(=O)Nc2cccc(OCC(=O)O)c2)oc2ccc(F)cc12. The van der Waals surface area contributed by atoms with Crippen LogP contribution in [0.3, 0.4) is 0 Å². The third kappa shape index (κ3) is 3.60. The number of rotatable bonds is 5. The van der Waals surface area contributed by atoms with Crippen molar-refractivity contribution in [3.63, 3.8) is 0 Å². The number of carboxylic acids is 1. The van der Waals surface area contributed by atoms with Crippen LogP contribution in [0.5, 0.6) is 5.75 Å². The van der Waals surface area contributed by atoms with Gasteiger partial charge in [0.1, 0.15) is 17.1 Å². The summed E-state index contributed by atoms with van der Waals surface area (Å²) in [6, 6.07) is 10.4. The summed E-state index contributed by atoms with van der Waals surface area (Å²) in [6.07, 6.45) is 0. The molecule has 0 saturated heterocycles. The molecule has 6 nitrogen and oxygen atoms in total. The van der Waals surface area contributed by atoms with Gasteiger partial charge in [0.05, 0.1) is 0 Å². The van der Waals surface area contributed by atoms with E-state index in [4.69, 9.17) is 14.3 Å². The van der Waals surface area contributed by atoms with Gasteiger partial charge in [0.2, 0.25) is 0 Å². The first kappa shape index (κ1) is 16.5. The predicted octanol–water partition coefficient (Wildman–Crippen LogP) is 3.60. The van der Waals surface area contributed by atoms with E-state index in [0.717, 1.165) is 0 Å². The number of carbonyl (C=O) groups is 2. The summed E-state index contributed by atoms with van der Waals surface area (Å²) in [7, 11) is 0. The second-order valence-corrected chi connectivity index (χ2v) is 5.36. The Morgan fingerprint density at radius 1 is 1.24 bits per heavy atom. The van der Waals surface area contributed by atoms with Crippen molar-refractivity contribution in [1.29, 1.82) is 0 Å². The number of furan rings is 1. The largest absolute Gasteiger partial charge is 0.482 e. The zero-order valence-corrected chi connectivity index (χ0v) is 13.2. The number of carbonyl (C=O) groups excluding carboxylic acids is 1. The van der Waals surface area contributed by atoms with Gasteiger partial charge in [-0.25, -0.2) is 9.18 Å². The molecule has 1 heterocycles. The van der Waals surface area contributed by atoms with E-state index in [1.165, 1.54) is 24.3 Å². The standard InChI is InChI=1S/C18H14FNO5/c1-10-14-7-11(19)5-6-15(14)25-17(10)18(23)20-12-3-2-4-13(8-12)24-9-16(21)22/h2-8H,9H2,1H3,(H,20,23)(H,21,22). The number of benzene rings is 2. The molecule has 0 atom stereocenters. The molecule has 0 unspecified atom stereocenters. The van der Waals surface area contributed by atoms with Crippen molar-refractivity contribution in [2.75, 3.05) is 11.9 Å². The fourth-order valence-corrected chi connectivity index (χ4v) is 2.41. The van der Waals surface area contributed by atoms with Gasteiger partial charge in [0.25, 0.3) is 5.91 Å². The molecule has 0 bridgehead atoms. The molecule has 0 saturated carbocycles. The summed E-state index contributed by atoms with van der Waals surface area (Å²) in [5.41, 5.74) is 1.37. The normalized spacial score (nSPS) is 10.6. The average molecular weight is 343 g/mol. The fourth-order valence-electron chi connectivity index (χ4n) is 2.41. The number of hydrogen-bond donors (Lipinski definition) is 2. The lowest BCUT2D eigenvalue weighted by molar-refractivity contribution is -0.139. The quantitative estimate of drug-likeness (QED) is 0.739. The number of anilines is 1. The molecule has 3 rings (SSSR count). The first-order valence-electron chi connectivity index (χ1n) is 7.38. The van der Waals surface area contributed by atoms with E-state index in [0.29, 0.717) is 28.0 Å². The van der Waals surface area contributed by atoms with Gasteiger partial charge in [0, 0.05) is 22.7 Å². The van der Waals surface area contributed by atoms with Gasteiger partial charge in [-0.15, -0.1) is 0 Å². The molecule has 25 heavy (non-hydrogen) atoms. The lowest BCUT2D eigenvalue weighted by atomic mass is 10.1. The molecule has 0 spiro atoms. The van der Waals surface area contributed by atoms with E-state index >= 15 is 0 Å². The molecule has 2 aromatic carbocycles. The van der Waals surface area contributed by atoms with Crippen LogP contribution in [0.4, 0.5) is 10.1 Å². The van der Waals surface area contributed by atoms with Gasteiger partial charge in [0.15, 0.2) is 12.4 Å². The molecular weight excluding hydrogens is 329 g/mol. The molecule has 0 fully saturated rings. The van der Waals surface area contributed by atoms with Crippen molar-refractivity contribution in [1.82, 2.24) is 0 Å².